The molecule has 0 aromatic heterocycles. The third-order valence-electron chi connectivity index (χ3n) is 5.73. The number of nitrogens with zero attached hydrogens (tertiary/aromatic N) is 2. The minimum absolute atomic E-state index is 0.115. The number of carbonyl (C=O) groups excluding carboxylic acids is 2. The van der Waals surface area contributed by atoms with E-state index in [0.29, 0.717) is 12.6 Å². The highest BCUT2D eigenvalue weighted by Crippen LogP contribution is 2.22. The molecule has 1 aliphatic carbocycles. The Balaban J connectivity index is 1.49. The van der Waals surface area contributed by atoms with Crippen LogP contribution < -0.4 is 5.32 Å². The lowest BCUT2D eigenvalue weighted by molar-refractivity contribution is -0.130. The number of hydrogen-bond acceptors (Lipinski definition) is 3. The summed E-state index contributed by atoms with van der Waals surface area (Å²) in [5.74, 6) is 0.245. The zero-order valence-electron chi connectivity index (χ0n) is 15.9. The van der Waals surface area contributed by atoms with Gasteiger partial charge >= 0.3 is 0 Å². The van der Waals surface area contributed by atoms with Crippen LogP contribution in [0.15, 0.2) is 24.3 Å². The van der Waals surface area contributed by atoms with Crippen molar-refractivity contribution in [1.82, 2.24) is 9.80 Å². The Bertz CT molecular complexity index is 602. The maximum atomic E-state index is 12.5. The van der Waals surface area contributed by atoms with Gasteiger partial charge in [0.2, 0.25) is 5.91 Å². The van der Waals surface area contributed by atoms with Gasteiger partial charge in [0.05, 0.1) is 6.54 Å². The lowest BCUT2D eigenvalue weighted by Crippen LogP contribution is -2.41. The van der Waals surface area contributed by atoms with Gasteiger partial charge in [-0.2, -0.15) is 0 Å². The van der Waals surface area contributed by atoms with Crippen molar-refractivity contribution in [2.45, 2.75) is 57.4 Å². The van der Waals surface area contributed by atoms with Crippen LogP contribution in [0.25, 0.3) is 0 Å². The van der Waals surface area contributed by atoms with Crippen molar-refractivity contribution < 1.29 is 9.59 Å². The van der Waals surface area contributed by atoms with Gasteiger partial charge in [-0.1, -0.05) is 19.3 Å². The van der Waals surface area contributed by atoms with Gasteiger partial charge in [-0.05, 0) is 56.4 Å². The second kappa shape index (κ2) is 9.06. The first-order chi connectivity index (χ1) is 12.6. The van der Waals surface area contributed by atoms with Gasteiger partial charge in [0, 0.05) is 37.4 Å². The molecule has 0 atom stereocenters. The molecule has 3 rings (SSSR count). The molecule has 142 valence electrons. The van der Waals surface area contributed by atoms with E-state index in [2.05, 4.69) is 5.32 Å². The van der Waals surface area contributed by atoms with Crippen LogP contribution in [0, 0.1) is 0 Å². The number of rotatable bonds is 5. The second-order valence-corrected chi connectivity index (χ2v) is 7.58. The number of anilines is 1. The van der Waals surface area contributed by atoms with E-state index < -0.39 is 0 Å². The predicted molar refractivity (Wildman–Crippen MR) is 104 cm³/mol. The van der Waals surface area contributed by atoms with Gasteiger partial charge in [-0.25, -0.2) is 0 Å². The summed E-state index contributed by atoms with van der Waals surface area (Å²) in [6.45, 7) is 2.02. The van der Waals surface area contributed by atoms with Crippen LogP contribution in [0.5, 0.6) is 0 Å². The smallest absolute Gasteiger partial charge is 0.253 e. The number of benzene rings is 1. The second-order valence-electron chi connectivity index (χ2n) is 7.58. The number of piperidine rings is 1. The van der Waals surface area contributed by atoms with Crippen LogP contribution in [0.3, 0.4) is 0 Å². The first kappa shape index (κ1) is 18.7. The molecule has 26 heavy (non-hydrogen) atoms. The molecule has 5 heteroatoms. The molecule has 0 radical (unpaired) electrons. The number of likely N-dealkylation sites (N-methyl/N-ethyl adjacent to an activating group) is 1. The summed E-state index contributed by atoms with van der Waals surface area (Å²) in [6.07, 6.45) is 9.40. The summed E-state index contributed by atoms with van der Waals surface area (Å²) < 4.78 is 0. The molecule has 2 fully saturated rings. The summed E-state index contributed by atoms with van der Waals surface area (Å²) in [7, 11) is 1.92. The van der Waals surface area contributed by atoms with Crippen molar-refractivity contribution in [2.75, 3.05) is 32.0 Å². The van der Waals surface area contributed by atoms with Crippen molar-refractivity contribution in [1.29, 1.82) is 0 Å². The third kappa shape index (κ3) is 4.77. The van der Waals surface area contributed by atoms with E-state index in [0.717, 1.165) is 50.0 Å². The fourth-order valence-corrected chi connectivity index (χ4v) is 3.98. The van der Waals surface area contributed by atoms with E-state index in [1.807, 2.05) is 41.1 Å². The summed E-state index contributed by atoms with van der Waals surface area (Å²) in [5, 5.41) is 3.19. The van der Waals surface area contributed by atoms with Crippen LogP contribution in [0.2, 0.25) is 0 Å². The number of carbonyl (C=O) groups is 2. The quantitative estimate of drug-likeness (QED) is 0.877. The zero-order chi connectivity index (χ0) is 18.4. The Morgan fingerprint density at radius 1 is 1.00 bits per heavy atom. The molecule has 1 aromatic carbocycles. The molecule has 1 heterocycles. The third-order valence-corrected chi connectivity index (χ3v) is 5.73. The van der Waals surface area contributed by atoms with Crippen molar-refractivity contribution in [3.8, 4) is 0 Å². The van der Waals surface area contributed by atoms with Crippen LogP contribution in [-0.2, 0) is 4.79 Å². The molecule has 0 bridgehead atoms. The fraction of sp³-hybridized carbons (Fsp3) is 0.619. The van der Waals surface area contributed by atoms with Crippen molar-refractivity contribution in [3.05, 3.63) is 29.8 Å². The molecule has 1 aromatic rings. The van der Waals surface area contributed by atoms with E-state index in [1.54, 1.807) is 0 Å². The van der Waals surface area contributed by atoms with Crippen LogP contribution in [0.1, 0.15) is 61.7 Å². The first-order valence-corrected chi connectivity index (χ1v) is 10.0. The number of nitrogens with one attached hydrogen (secondary N) is 1. The maximum absolute atomic E-state index is 12.5. The van der Waals surface area contributed by atoms with E-state index in [1.165, 1.54) is 25.7 Å². The molecule has 0 unspecified atom stereocenters. The summed E-state index contributed by atoms with van der Waals surface area (Å²) >= 11 is 0. The monoisotopic (exact) mass is 357 g/mol. The fourth-order valence-electron chi connectivity index (χ4n) is 3.98. The summed E-state index contributed by atoms with van der Waals surface area (Å²) in [4.78, 5) is 28.7. The topological polar surface area (TPSA) is 52.7 Å². The Hall–Kier alpha value is -2.04. The van der Waals surface area contributed by atoms with Gasteiger partial charge in [-0.3, -0.25) is 9.59 Å². The first-order valence-electron chi connectivity index (χ1n) is 10.0. The normalized spacial score (nSPS) is 18.4. The zero-order valence-corrected chi connectivity index (χ0v) is 15.9. The van der Waals surface area contributed by atoms with E-state index in [9.17, 15) is 9.59 Å². The van der Waals surface area contributed by atoms with Gasteiger partial charge in [0.25, 0.3) is 5.91 Å². The summed E-state index contributed by atoms with van der Waals surface area (Å²) in [5.41, 5.74) is 1.61. The predicted octanol–water partition coefficient (Wildman–Crippen LogP) is 3.52. The Morgan fingerprint density at radius 2 is 1.62 bits per heavy atom. The average molecular weight is 357 g/mol. The Labute approximate surface area is 156 Å². The Kier molecular flexibility index (Phi) is 6.53. The maximum Gasteiger partial charge on any atom is 0.253 e. The SMILES string of the molecule is CN(C(=O)CNc1ccc(C(=O)N2CCCCC2)cc1)C1CCCCC1. The van der Waals surface area contributed by atoms with E-state index >= 15 is 0 Å². The number of likely N-dealkylation sites (tertiary alicyclic amines) is 1. The Morgan fingerprint density at radius 3 is 2.27 bits per heavy atom. The molecule has 2 amide bonds. The molecule has 1 aliphatic heterocycles. The van der Waals surface area contributed by atoms with Crippen LogP contribution in [-0.4, -0.2) is 54.3 Å². The lowest BCUT2D eigenvalue weighted by atomic mass is 9.94. The van der Waals surface area contributed by atoms with Gasteiger partial charge in [0.15, 0.2) is 0 Å². The summed E-state index contributed by atoms with van der Waals surface area (Å²) in [6, 6.07) is 7.89. The minimum Gasteiger partial charge on any atom is -0.376 e. The van der Waals surface area contributed by atoms with Crippen molar-refractivity contribution in [2.24, 2.45) is 0 Å². The van der Waals surface area contributed by atoms with Crippen molar-refractivity contribution >= 4 is 17.5 Å². The van der Waals surface area contributed by atoms with Crippen LogP contribution in [0.4, 0.5) is 5.69 Å². The van der Waals surface area contributed by atoms with E-state index in [4.69, 9.17) is 0 Å². The molecule has 5 nitrogen and oxygen atoms in total. The molecule has 1 saturated heterocycles. The highest BCUT2D eigenvalue weighted by molar-refractivity contribution is 5.94. The van der Waals surface area contributed by atoms with Gasteiger partial charge in [-0.15, -0.1) is 0 Å². The standard InChI is InChI=1S/C21H31N3O2/c1-23(19-8-4-2-5-9-19)20(25)16-22-18-12-10-17(11-13-18)21(26)24-14-6-3-7-15-24/h10-13,19,22H,2-9,14-16H2,1H3. The largest absolute Gasteiger partial charge is 0.376 e. The number of hydrogen-bond donors (Lipinski definition) is 1. The van der Waals surface area contributed by atoms with Gasteiger partial charge in [0.1, 0.15) is 0 Å². The van der Waals surface area contributed by atoms with Gasteiger partial charge < -0.3 is 15.1 Å². The molecule has 1 saturated carbocycles. The number of amides is 2. The van der Waals surface area contributed by atoms with E-state index in [-0.39, 0.29) is 11.8 Å². The molecular weight excluding hydrogens is 326 g/mol. The van der Waals surface area contributed by atoms with Crippen LogP contribution >= 0.6 is 0 Å². The van der Waals surface area contributed by atoms with Crippen molar-refractivity contribution in [3.63, 3.8) is 0 Å². The minimum atomic E-state index is 0.115. The highest BCUT2D eigenvalue weighted by atomic mass is 16.2. The lowest BCUT2D eigenvalue weighted by Gasteiger charge is -2.31. The molecular formula is C21H31N3O2. The average Bonchev–Trinajstić information content (AvgIpc) is 2.72. The molecule has 1 N–H and O–H groups in total. The highest BCUT2D eigenvalue weighted by Gasteiger charge is 2.22. The molecule has 2 aliphatic rings. The molecule has 0 spiro atoms.